The fourth-order valence-electron chi connectivity index (χ4n) is 2.22. The van der Waals surface area contributed by atoms with Gasteiger partial charge in [0.05, 0.1) is 0 Å². The minimum absolute atomic E-state index is 0.168. The summed E-state index contributed by atoms with van der Waals surface area (Å²) in [7, 11) is 0. The quantitative estimate of drug-likeness (QED) is 0.685. The summed E-state index contributed by atoms with van der Waals surface area (Å²) in [5.41, 5.74) is 1.68. The molecular formula is C18H17NO3S. The average molecular weight is 327 g/mol. The van der Waals surface area contributed by atoms with Gasteiger partial charge in [0.15, 0.2) is 11.5 Å². The van der Waals surface area contributed by atoms with E-state index in [4.69, 9.17) is 9.47 Å². The zero-order chi connectivity index (χ0) is 16.1. The first-order valence-electron chi connectivity index (χ1n) is 7.27. The van der Waals surface area contributed by atoms with Crippen molar-refractivity contribution >= 4 is 29.4 Å². The molecule has 0 saturated carbocycles. The van der Waals surface area contributed by atoms with E-state index in [1.54, 1.807) is 17.8 Å². The lowest BCUT2D eigenvalue weighted by Gasteiger charge is -2.18. The number of thioether (sulfide) groups is 1. The van der Waals surface area contributed by atoms with Gasteiger partial charge in [-0.05, 0) is 48.2 Å². The molecule has 23 heavy (non-hydrogen) atoms. The lowest BCUT2D eigenvalue weighted by Crippen LogP contribution is -2.15. The van der Waals surface area contributed by atoms with Gasteiger partial charge in [-0.2, -0.15) is 0 Å². The van der Waals surface area contributed by atoms with Crippen molar-refractivity contribution in [3.63, 3.8) is 0 Å². The van der Waals surface area contributed by atoms with Crippen LogP contribution in [0.25, 0.3) is 6.08 Å². The third-order valence-electron chi connectivity index (χ3n) is 3.33. The molecule has 1 amide bonds. The van der Waals surface area contributed by atoms with Crippen molar-refractivity contribution < 1.29 is 14.3 Å². The zero-order valence-corrected chi connectivity index (χ0v) is 13.6. The van der Waals surface area contributed by atoms with Crippen molar-refractivity contribution in [3.8, 4) is 11.5 Å². The molecule has 0 unspecified atom stereocenters. The number of benzene rings is 2. The zero-order valence-electron chi connectivity index (χ0n) is 12.7. The normalized spacial score (nSPS) is 13.1. The van der Waals surface area contributed by atoms with Crippen LogP contribution in [0.4, 0.5) is 5.69 Å². The van der Waals surface area contributed by atoms with Crippen LogP contribution in [0.15, 0.2) is 53.4 Å². The minimum atomic E-state index is -0.168. The summed E-state index contributed by atoms with van der Waals surface area (Å²) in [5.74, 6) is 1.29. The smallest absolute Gasteiger partial charge is 0.248 e. The first-order chi connectivity index (χ1) is 11.2. The number of nitrogens with one attached hydrogen (secondary N) is 1. The molecule has 0 fully saturated rings. The van der Waals surface area contributed by atoms with Crippen LogP contribution in [-0.2, 0) is 4.79 Å². The Balaban J connectivity index is 1.66. The van der Waals surface area contributed by atoms with Gasteiger partial charge in [-0.15, -0.1) is 11.8 Å². The van der Waals surface area contributed by atoms with Gasteiger partial charge in [-0.25, -0.2) is 0 Å². The van der Waals surface area contributed by atoms with Crippen LogP contribution >= 0.6 is 11.8 Å². The van der Waals surface area contributed by atoms with Gasteiger partial charge in [0.2, 0.25) is 5.91 Å². The molecule has 1 heterocycles. The summed E-state index contributed by atoms with van der Waals surface area (Å²) in [5, 5.41) is 2.85. The van der Waals surface area contributed by atoms with Gasteiger partial charge in [0.1, 0.15) is 13.2 Å². The van der Waals surface area contributed by atoms with Crippen LogP contribution in [0.2, 0.25) is 0 Å². The molecule has 1 N–H and O–H groups in total. The minimum Gasteiger partial charge on any atom is -0.486 e. The largest absolute Gasteiger partial charge is 0.486 e. The number of carbonyl (C=O) groups is 1. The topological polar surface area (TPSA) is 47.6 Å². The van der Waals surface area contributed by atoms with Gasteiger partial charge in [0, 0.05) is 16.7 Å². The highest BCUT2D eigenvalue weighted by Crippen LogP contribution is 2.31. The third-order valence-corrected chi connectivity index (χ3v) is 4.06. The SMILES string of the molecule is CSc1cccc(NC(=O)/C=C/c2ccc3c(c2)OCCO3)c1. The molecule has 2 aromatic rings. The van der Waals surface area contributed by atoms with Gasteiger partial charge in [-0.1, -0.05) is 12.1 Å². The van der Waals surface area contributed by atoms with Crippen LogP contribution in [0, 0.1) is 0 Å². The van der Waals surface area contributed by atoms with Crippen LogP contribution in [0.3, 0.4) is 0 Å². The Morgan fingerprint density at radius 2 is 1.96 bits per heavy atom. The second kappa shape index (κ2) is 7.24. The van der Waals surface area contributed by atoms with Crippen LogP contribution < -0.4 is 14.8 Å². The number of rotatable bonds is 4. The third kappa shape index (κ3) is 4.07. The molecular weight excluding hydrogens is 310 g/mol. The highest BCUT2D eigenvalue weighted by Gasteiger charge is 2.10. The summed E-state index contributed by atoms with van der Waals surface area (Å²) in [4.78, 5) is 13.1. The maximum atomic E-state index is 12.0. The summed E-state index contributed by atoms with van der Waals surface area (Å²) >= 11 is 1.64. The van der Waals surface area contributed by atoms with Crippen molar-refractivity contribution in [2.75, 3.05) is 24.8 Å². The van der Waals surface area contributed by atoms with Crippen molar-refractivity contribution in [2.24, 2.45) is 0 Å². The van der Waals surface area contributed by atoms with Crippen molar-refractivity contribution in [2.45, 2.75) is 4.90 Å². The molecule has 0 radical (unpaired) electrons. The Hall–Kier alpha value is -2.40. The Morgan fingerprint density at radius 1 is 1.13 bits per heavy atom. The molecule has 2 aromatic carbocycles. The van der Waals surface area contributed by atoms with E-state index in [0.717, 1.165) is 21.9 Å². The predicted molar refractivity (Wildman–Crippen MR) is 93.3 cm³/mol. The average Bonchev–Trinajstić information content (AvgIpc) is 2.60. The standard InChI is InChI=1S/C18H17NO3S/c1-23-15-4-2-3-14(12-15)19-18(20)8-6-13-5-7-16-17(11-13)22-10-9-21-16/h2-8,11-12H,9-10H2,1H3,(H,19,20)/b8-6+. The van der Waals surface area contributed by atoms with Gasteiger partial charge in [-0.3, -0.25) is 4.79 Å². The lowest BCUT2D eigenvalue weighted by molar-refractivity contribution is -0.111. The summed E-state index contributed by atoms with van der Waals surface area (Å²) < 4.78 is 11.0. The highest BCUT2D eigenvalue weighted by atomic mass is 32.2. The lowest BCUT2D eigenvalue weighted by atomic mass is 10.2. The molecule has 118 valence electrons. The van der Waals surface area contributed by atoms with E-state index in [0.29, 0.717) is 19.0 Å². The Labute approximate surface area is 139 Å². The van der Waals surface area contributed by atoms with Crippen LogP contribution in [-0.4, -0.2) is 25.4 Å². The molecule has 4 nitrogen and oxygen atoms in total. The van der Waals surface area contributed by atoms with Crippen LogP contribution in [0.1, 0.15) is 5.56 Å². The molecule has 0 aromatic heterocycles. The predicted octanol–water partition coefficient (Wildman–Crippen LogP) is 3.83. The maximum absolute atomic E-state index is 12.0. The highest BCUT2D eigenvalue weighted by molar-refractivity contribution is 7.98. The Bertz CT molecular complexity index is 743. The van der Waals surface area contributed by atoms with Gasteiger partial charge >= 0.3 is 0 Å². The number of anilines is 1. The van der Waals surface area contributed by atoms with Gasteiger partial charge in [0.25, 0.3) is 0 Å². The Kier molecular flexibility index (Phi) is 4.88. The molecule has 3 rings (SSSR count). The fraction of sp³-hybridized carbons (Fsp3) is 0.167. The first kappa shape index (κ1) is 15.5. The van der Waals surface area contributed by atoms with E-state index in [1.165, 1.54) is 6.08 Å². The maximum Gasteiger partial charge on any atom is 0.248 e. The van der Waals surface area contributed by atoms with Crippen molar-refractivity contribution in [1.82, 2.24) is 0 Å². The molecule has 0 atom stereocenters. The second-order valence-electron chi connectivity index (χ2n) is 4.96. The van der Waals surface area contributed by atoms with E-state index in [-0.39, 0.29) is 5.91 Å². The Morgan fingerprint density at radius 3 is 2.78 bits per heavy atom. The summed E-state index contributed by atoms with van der Waals surface area (Å²) in [6, 6.07) is 13.4. The molecule has 1 aliphatic rings. The van der Waals surface area contributed by atoms with Crippen molar-refractivity contribution in [1.29, 1.82) is 0 Å². The molecule has 0 aliphatic carbocycles. The second-order valence-corrected chi connectivity index (χ2v) is 5.84. The molecule has 0 spiro atoms. The molecule has 5 heteroatoms. The molecule has 0 saturated heterocycles. The number of amides is 1. The number of ether oxygens (including phenoxy) is 2. The van der Waals surface area contributed by atoms with E-state index < -0.39 is 0 Å². The van der Waals surface area contributed by atoms with Gasteiger partial charge < -0.3 is 14.8 Å². The van der Waals surface area contributed by atoms with E-state index in [1.807, 2.05) is 48.7 Å². The summed E-state index contributed by atoms with van der Waals surface area (Å²) in [6.07, 6.45) is 5.27. The summed E-state index contributed by atoms with van der Waals surface area (Å²) in [6.45, 7) is 1.12. The van der Waals surface area contributed by atoms with E-state index >= 15 is 0 Å². The fourth-order valence-corrected chi connectivity index (χ4v) is 2.68. The first-order valence-corrected chi connectivity index (χ1v) is 8.50. The number of carbonyl (C=O) groups excluding carboxylic acids is 1. The number of hydrogen-bond donors (Lipinski definition) is 1. The molecule has 0 bridgehead atoms. The molecule has 1 aliphatic heterocycles. The monoisotopic (exact) mass is 327 g/mol. The van der Waals surface area contributed by atoms with Crippen molar-refractivity contribution in [3.05, 3.63) is 54.1 Å². The van der Waals surface area contributed by atoms with E-state index in [2.05, 4.69) is 5.32 Å². The van der Waals surface area contributed by atoms with Crippen LogP contribution in [0.5, 0.6) is 11.5 Å². The van der Waals surface area contributed by atoms with E-state index in [9.17, 15) is 4.79 Å². The number of fused-ring (bicyclic) bond motifs is 1. The number of hydrogen-bond acceptors (Lipinski definition) is 4.